The molecular weight excluding hydrogens is 224 g/mol. The molecule has 0 radical (unpaired) electrons. The van der Waals surface area contributed by atoms with Gasteiger partial charge >= 0.3 is 5.97 Å². The average molecular weight is 240 g/mol. The van der Waals surface area contributed by atoms with Crippen molar-refractivity contribution in [1.29, 1.82) is 0 Å². The lowest BCUT2D eigenvalue weighted by Gasteiger charge is -2.14. The molecule has 0 saturated heterocycles. The Morgan fingerprint density at radius 3 is 3.00 bits per heavy atom. The number of nitrogens with one attached hydrogen (secondary N) is 1. The largest absolute Gasteiger partial charge is 0.476 e. The van der Waals surface area contributed by atoms with Crippen LogP contribution in [0.15, 0.2) is 10.7 Å². The number of carboxylic acid groups (broad SMARTS) is 1. The third kappa shape index (κ3) is 2.97. The molecule has 0 aliphatic heterocycles. The number of anilines is 1. The van der Waals surface area contributed by atoms with Gasteiger partial charge in [0.15, 0.2) is 5.69 Å². The highest BCUT2D eigenvalue weighted by molar-refractivity contribution is 5.85. The molecule has 6 nitrogen and oxygen atoms in total. The van der Waals surface area contributed by atoms with Crippen molar-refractivity contribution in [2.75, 3.05) is 25.6 Å². The Morgan fingerprint density at radius 2 is 2.47 bits per heavy atom. The van der Waals surface area contributed by atoms with Gasteiger partial charge < -0.3 is 19.6 Å². The van der Waals surface area contributed by atoms with Gasteiger partial charge in [0.05, 0.1) is 0 Å². The SMILES string of the molecule is COCCC1(CNc2nc(C(=O)O)co2)CC1. The van der Waals surface area contributed by atoms with E-state index in [1.165, 1.54) is 0 Å². The lowest BCUT2D eigenvalue weighted by Crippen LogP contribution is -2.17. The van der Waals surface area contributed by atoms with Gasteiger partial charge in [0.25, 0.3) is 6.01 Å². The number of aromatic carboxylic acids is 1. The Hall–Kier alpha value is -1.56. The minimum Gasteiger partial charge on any atom is -0.476 e. The van der Waals surface area contributed by atoms with Crippen LogP contribution >= 0.6 is 0 Å². The van der Waals surface area contributed by atoms with Gasteiger partial charge in [-0.2, -0.15) is 4.98 Å². The number of carboxylic acids is 1. The number of ether oxygens (including phenoxy) is 1. The van der Waals surface area contributed by atoms with Crippen molar-refractivity contribution in [1.82, 2.24) is 4.98 Å². The summed E-state index contributed by atoms with van der Waals surface area (Å²) in [5, 5.41) is 11.7. The highest BCUT2D eigenvalue weighted by Crippen LogP contribution is 2.48. The predicted octanol–water partition coefficient (Wildman–Crippen LogP) is 1.60. The number of methoxy groups -OCH3 is 1. The fraction of sp³-hybridized carbons (Fsp3) is 0.636. The molecule has 1 aliphatic rings. The Morgan fingerprint density at radius 1 is 1.71 bits per heavy atom. The van der Waals surface area contributed by atoms with Gasteiger partial charge in [-0.1, -0.05) is 0 Å². The molecule has 0 aromatic carbocycles. The van der Waals surface area contributed by atoms with Crippen LogP contribution in [0, 0.1) is 5.41 Å². The monoisotopic (exact) mass is 240 g/mol. The van der Waals surface area contributed by atoms with Crippen molar-refractivity contribution >= 4 is 12.0 Å². The molecule has 1 heterocycles. The van der Waals surface area contributed by atoms with E-state index in [2.05, 4.69) is 10.3 Å². The molecule has 0 amide bonds. The molecule has 2 N–H and O–H groups in total. The Bertz CT molecular complexity index is 398. The molecule has 1 aromatic rings. The van der Waals surface area contributed by atoms with E-state index in [1.807, 2.05) is 0 Å². The zero-order valence-electron chi connectivity index (χ0n) is 9.73. The second-order valence-electron chi connectivity index (χ2n) is 4.44. The van der Waals surface area contributed by atoms with Gasteiger partial charge in [0.2, 0.25) is 0 Å². The molecule has 17 heavy (non-hydrogen) atoms. The summed E-state index contributed by atoms with van der Waals surface area (Å²) in [6.07, 6.45) is 4.47. The van der Waals surface area contributed by atoms with Crippen molar-refractivity contribution in [3.63, 3.8) is 0 Å². The minimum absolute atomic E-state index is 0.0748. The number of carbonyl (C=O) groups is 1. The molecule has 0 unspecified atom stereocenters. The van der Waals surface area contributed by atoms with E-state index in [1.54, 1.807) is 7.11 Å². The Balaban J connectivity index is 1.83. The van der Waals surface area contributed by atoms with E-state index < -0.39 is 5.97 Å². The van der Waals surface area contributed by atoms with Crippen molar-refractivity contribution in [3.8, 4) is 0 Å². The Kier molecular flexibility index (Phi) is 3.33. The molecule has 0 atom stereocenters. The van der Waals surface area contributed by atoms with Gasteiger partial charge in [0, 0.05) is 20.3 Å². The fourth-order valence-corrected chi connectivity index (χ4v) is 1.73. The van der Waals surface area contributed by atoms with E-state index in [-0.39, 0.29) is 17.1 Å². The first-order valence-electron chi connectivity index (χ1n) is 5.57. The van der Waals surface area contributed by atoms with Crippen LogP contribution in [-0.4, -0.2) is 36.3 Å². The van der Waals surface area contributed by atoms with Crippen LogP contribution in [0.1, 0.15) is 29.8 Å². The highest BCUT2D eigenvalue weighted by atomic mass is 16.5. The molecule has 94 valence electrons. The van der Waals surface area contributed by atoms with E-state index in [0.29, 0.717) is 0 Å². The van der Waals surface area contributed by atoms with Crippen LogP contribution in [0.2, 0.25) is 0 Å². The fourth-order valence-electron chi connectivity index (χ4n) is 1.73. The normalized spacial score (nSPS) is 16.8. The first-order valence-corrected chi connectivity index (χ1v) is 5.57. The summed E-state index contributed by atoms with van der Waals surface area (Å²) in [4.78, 5) is 14.4. The second kappa shape index (κ2) is 4.75. The topological polar surface area (TPSA) is 84.6 Å². The Labute approximate surface area is 99.0 Å². The van der Waals surface area contributed by atoms with Crippen LogP contribution in [-0.2, 0) is 4.74 Å². The van der Waals surface area contributed by atoms with Crippen LogP contribution in [0.4, 0.5) is 6.01 Å². The lowest BCUT2D eigenvalue weighted by molar-refractivity contribution is 0.0690. The third-order valence-electron chi connectivity index (χ3n) is 3.13. The van der Waals surface area contributed by atoms with E-state index >= 15 is 0 Å². The highest BCUT2D eigenvalue weighted by Gasteiger charge is 2.42. The number of hydrogen-bond acceptors (Lipinski definition) is 5. The first-order chi connectivity index (χ1) is 8.15. The maximum absolute atomic E-state index is 10.6. The standard InChI is InChI=1S/C11H16N2O4/c1-16-5-4-11(2-3-11)7-12-10-13-8(6-17-10)9(14)15/h6H,2-5,7H2,1H3,(H,12,13)(H,14,15). The molecule has 0 spiro atoms. The van der Waals surface area contributed by atoms with E-state index in [9.17, 15) is 4.79 Å². The molecule has 2 rings (SSSR count). The number of oxazole rings is 1. The first kappa shape index (κ1) is 11.9. The van der Waals surface area contributed by atoms with Crippen molar-refractivity contribution in [3.05, 3.63) is 12.0 Å². The van der Waals surface area contributed by atoms with Crippen LogP contribution in [0.25, 0.3) is 0 Å². The molecule has 1 fully saturated rings. The number of rotatable bonds is 7. The molecule has 1 aromatic heterocycles. The summed E-state index contributed by atoms with van der Waals surface area (Å²) < 4.78 is 10.1. The van der Waals surface area contributed by atoms with E-state index in [0.717, 1.165) is 38.7 Å². The predicted molar refractivity (Wildman–Crippen MR) is 60.1 cm³/mol. The molecule has 1 aliphatic carbocycles. The van der Waals surface area contributed by atoms with Crippen LogP contribution < -0.4 is 5.32 Å². The number of nitrogens with zero attached hydrogens (tertiary/aromatic N) is 1. The van der Waals surface area contributed by atoms with Gasteiger partial charge in [0.1, 0.15) is 6.26 Å². The van der Waals surface area contributed by atoms with Gasteiger partial charge in [-0.3, -0.25) is 0 Å². The molecule has 6 heteroatoms. The van der Waals surface area contributed by atoms with E-state index in [4.69, 9.17) is 14.3 Å². The van der Waals surface area contributed by atoms with Crippen molar-refractivity contribution in [2.45, 2.75) is 19.3 Å². The molecule has 1 saturated carbocycles. The van der Waals surface area contributed by atoms with Gasteiger partial charge in [-0.25, -0.2) is 4.79 Å². The summed E-state index contributed by atoms with van der Waals surface area (Å²) in [5.41, 5.74) is 0.197. The van der Waals surface area contributed by atoms with Crippen LogP contribution in [0.3, 0.4) is 0 Å². The summed E-state index contributed by atoms with van der Waals surface area (Å²) in [6.45, 7) is 1.49. The second-order valence-corrected chi connectivity index (χ2v) is 4.44. The van der Waals surface area contributed by atoms with Gasteiger partial charge in [-0.05, 0) is 24.7 Å². The summed E-state index contributed by atoms with van der Waals surface area (Å²) in [7, 11) is 1.69. The average Bonchev–Trinajstić information content (AvgIpc) is 2.91. The van der Waals surface area contributed by atoms with Crippen LogP contribution in [0.5, 0.6) is 0 Å². The number of aromatic nitrogens is 1. The van der Waals surface area contributed by atoms with Gasteiger partial charge in [-0.15, -0.1) is 0 Å². The van der Waals surface area contributed by atoms with Crippen molar-refractivity contribution < 1.29 is 19.1 Å². The zero-order chi connectivity index (χ0) is 12.3. The summed E-state index contributed by atoms with van der Waals surface area (Å²) in [5.74, 6) is -1.08. The summed E-state index contributed by atoms with van der Waals surface area (Å²) >= 11 is 0. The minimum atomic E-state index is -1.08. The quantitative estimate of drug-likeness (QED) is 0.753. The maximum Gasteiger partial charge on any atom is 0.357 e. The molecule has 0 bridgehead atoms. The molecular formula is C11H16N2O4. The number of hydrogen-bond donors (Lipinski definition) is 2. The zero-order valence-corrected chi connectivity index (χ0v) is 9.73. The summed E-state index contributed by atoms with van der Waals surface area (Å²) in [6, 6.07) is 0.270. The lowest BCUT2D eigenvalue weighted by atomic mass is 10.0. The van der Waals surface area contributed by atoms with Crippen molar-refractivity contribution in [2.24, 2.45) is 5.41 Å². The maximum atomic E-state index is 10.6. The third-order valence-corrected chi connectivity index (χ3v) is 3.13. The smallest absolute Gasteiger partial charge is 0.357 e.